The number of benzene rings is 2. The molecule has 168 valence electrons. The van der Waals surface area contributed by atoms with Gasteiger partial charge in [-0.3, -0.25) is 9.59 Å². The lowest BCUT2D eigenvalue weighted by Gasteiger charge is -2.12. The van der Waals surface area contributed by atoms with Gasteiger partial charge in [-0.1, -0.05) is 46.9 Å². The number of esters is 1. The minimum Gasteiger partial charge on any atom is -0.466 e. The minimum absolute atomic E-state index is 0.0619. The normalized spacial score (nSPS) is 11.8. The fourth-order valence-corrected chi connectivity index (χ4v) is 3.91. The van der Waals surface area contributed by atoms with Crippen LogP contribution in [0.1, 0.15) is 36.3 Å². The van der Waals surface area contributed by atoms with E-state index >= 15 is 0 Å². The van der Waals surface area contributed by atoms with E-state index in [9.17, 15) is 9.59 Å². The van der Waals surface area contributed by atoms with Crippen LogP contribution >= 0.6 is 34.8 Å². The van der Waals surface area contributed by atoms with Crippen molar-refractivity contribution < 1.29 is 14.3 Å². The molecule has 1 unspecified atom stereocenters. The average molecular weight is 495 g/mol. The van der Waals surface area contributed by atoms with Gasteiger partial charge in [0.15, 0.2) is 5.69 Å². The monoisotopic (exact) mass is 493 g/mol. The van der Waals surface area contributed by atoms with Crippen molar-refractivity contribution in [3.8, 4) is 16.9 Å². The first-order valence-corrected chi connectivity index (χ1v) is 11.1. The molecular weight excluding hydrogens is 473 g/mol. The van der Waals surface area contributed by atoms with Gasteiger partial charge in [0.25, 0.3) is 5.91 Å². The number of carbonyl (C=O) groups is 2. The summed E-state index contributed by atoms with van der Waals surface area (Å²) in [7, 11) is 0. The highest BCUT2D eigenvalue weighted by Gasteiger charge is 2.24. The summed E-state index contributed by atoms with van der Waals surface area (Å²) in [4.78, 5) is 24.8. The second kappa shape index (κ2) is 10.4. The number of ether oxygens (including phenoxy) is 1. The van der Waals surface area contributed by atoms with Gasteiger partial charge >= 0.3 is 5.97 Å². The van der Waals surface area contributed by atoms with Gasteiger partial charge in [0.05, 0.1) is 29.4 Å². The topological polar surface area (TPSA) is 73.2 Å². The molecule has 3 aromatic rings. The zero-order valence-corrected chi connectivity index (χ0v) is 20.1. The van der Waals surface area contributed by atoms with Crippen molar-refractivity contribution in [1.29, 1.82) is 0 Å². The van der Waals surface area contributed by atoms with E-state index < -0.39 is 11.9 Å². The van der Waals surface area contributed by atoms with Gasteiger partial charge in [-0.25, -0.2) is 4.68 Å². The molecule has 32 heavy (non-hydrogen) atoms. The first kappa shape index (κ1) is 24.1. The molecule has 2 aromatic carbocycles. The molecule has 0 aliphatic rings. The van der Waals surface area contributed by atoms with E-state index in [0.29, 0.717) is 32.0 Å². The molecule has 0 saturated carbocycles. The van der Waals surface area contributed by atoms with Crippen molar-refractivity contribution in [2.45, 2.75) is 33.2 Å². The lowest BCUT2D eigenvalue weighted by Crippen LogP contribution is -2.35. The highest BCUT2D eigenvalue weighted by molar-refractivity contribution is 6.35. The summed E-state index contributed by atoms with van der Waals surface area (Å²) in [6, 6.07) is 11.8. The van der Waals surface area contributed by atoms with Crippen LogP contribution in [0.4, 0.5) is 0 Å². The Morgan fingerprint density at radius 1 is 1.09 bits per heavy atom. The first-order chi connectivity index (χ1) is 15.2. The van der Waals surface area contributed by atoms with E-state index in [0.717, 1.165) is 5.56 Å². The lowest BCUT2D eigenvalue weighted by molar-refractivity contribution is -0.143. The molecule has 0 aliphatic carbocycles. The summed E-state index contributed by atoms with van der Waals surface area (Å²) in [5, 5.41) is 8.84. The Balaban J connectivity index is 2.03. The largest absolute Gasteiger partial charge is 0.466 e. The number of aromatic nitrogens is 2. The molecule has 3 rings (SSSR count). The molecule has 1 amide bonds. The second-order valence-corrected chi connectivity index (χ2v) is 8.50. The van der Waals surface area contributed by atoms with Crippen LogP contribution in [0.2, 0.25) is 15.1 Å². The molecule has 1 atom stereocenters. The van der Waals surface area contributed by atoms with Crippen LogP contribution in [0.5, 0.6) is 0 Å². The number of hydrogen-bond acceptors (Lipinski definition) is 4. The van der Waals surface area contributed by atoms with E-state index in [1.807, 2.05) is 19.1 Å². The number of carbonyl (C=O) groups excluding carboxylic acids is 2. The molecule has 1 heterocycles. The number of halogens is 3. The summed E-state index contributed by atoms with van der Waals surface area (Å²) in [6.07, 6.45) is 0.0619. The van der Waals surface area contributed by atoms with Gasteiger partial charge in [-0.15, -0.1) is 0 Å². The van der Waals surface area contributed by atoms with E-state index in [1.54, 1.807) is 48.9 Å². The van der Waals surface area contributed by atoms with Crippen molar-refractivity contribution in [3.05, 3.63) is 68.8 Å². The highest BCUT2D eigenvalue weighted by Crippen LogP contribution is 2.33. The molecule has 6 nitrogen and oxygen atoms in total. The predicted molar refractivity (Wildman–Crippen MR) is 127 cm³/mol. The third kappa shape index (κ3) is 5.44. The first-order valence-electron chi connectivity index (χ1n) is 9.98. The summed E-state index contributed by atoms with van der Waals surface area (Å²) < 4.78 is 6.56. The van der Waals surface area contributed by atoms with Gasteiger partial charge in [0.2, 0.25) is 0 Å². The number of amides is 1. The molecule has 1 N–H and O–H groups in total. The number of hydrogen-bond donors (Lipinski definition) is 1. The van der Waals surface area contributed by atoms with Gasteiger partial charge < -0.3 is 10.1 Å². The third-order valence-corrected chi connectivity index (χ3v) is 5.54. The molecule has 0 radical (unpaired) electrons. The van der Waals surface area contributed by atoms with Gasteiger partial charge in [-0.2, -0.15) is 5.10 Å². The number of nitrogens with one attached hydrogen (secondary N) is 1. The molecular formula is C23H22Cl3N3O3. The molecule has 0 bridgehead atoms. The lowest BCUT2D eigenvalue weighted by atomic mass is 10.1. The van der Waals surface area contributed by atoms with E-state index in [1.165, 1.54) is 0 Å². The van der Waals surface area contributed by atoms with Crippen LogP contribution in [0.15, 0.2) is 42.5 Å². The summed E-state index contributed by atoms with van der Waals surface area (Å²) in [5.74, 6) is -0.782. The molecule has 9 heteroatoms. The number of rotatable bonds is 7. The standard InChI is InChI=1S/C23H22Cl3N3O3/c1-4-32-20(30)11-13(2)27-23(31)21-14(3)22(15-5-7-16(24)8-6-15)29(28-21)19-10-9-17(25)12-18(19)26/h5-10,12-13H,4,11H2,1-3H3,(H,27,31). The van der Waals surface area contributed by atoms with Gasteiger partial charge in [0, 0.05) is 27.2 Å². The molecule has 0 spiro atoms. The maximum atomic E-state index is 13.0. The second-order valence-electron chi connectivity index (χ2n) is 7.22. The zero-order valence-electron chi connectivity index (χ0n) is 17.8. The van der Waals surface area contributed by atoms with Crippen molar-refractivity contribution in [2.24, 2.45) is 0 Å². The number of nitrogens with zero attached hydrogens (tertiary/aromatic N) is 2. The molecule has 0 fully saturated rings. The van der Waals surface area contributed by atoms with Crippen LogP contribution in [-0.4, -0.2) is 34.3 Å². The molecule has 0 aliphatic heterocycles. The van der Waals surface area contributed by atoms with Crippen molar-refractivity contribution in [2.75, 3.05) is 6.61 Å². The van der Waals surface area contributed by atoms with E-state index in [2.05, 4.69) is 10.4 Å². The Bertz CT molecular complexity index is 1140. The minimum atomic E-state index is -0.427. The predicted octanol–water partition coefficient (Wildman–Crippen LogP) is 5.88. The van der Waals surface area contributed by atoms with Crippen molar-refractivity contribution in [3.63, 3.8) is 0 Å². The van der Waals surface area contributed by atoms with Crippen LogP contribution < -0.4 is 5.32 Å². The summed E-state index contributed by atoms with van der Waals surface area (Å²) >= 11 is 18.6. The smallest absolute Gasteiger partial charge is 0.307 e. The Morgan fingerprint density at radius 3 is 2.38 bits per heavy atom. The van der Waals surface area contributed by atoms with Gasteiger partial charge in [-0.05, 0) is 51.1 Å². The van der Waals surface area contributed by atoms with E-state index in [-0.39, 0.29) is 24.7 Å². The Morgan fingerprint density at radius 2 is 1.75 bits per heavy atom. The average Bonchev–Trinajstić information content (AvgIpc) is 3.05. The zero-order chi connectivity index (χ0) is 23.4. The van der Waals surface area contributed by atoms with E-state index in [4.69, 9.17) is 39.5 Å². The Hall–Kier alpha value is -2.54. The van der Waals surface area contributed by atoms with Crippen LogP contribution in [-0.2, 0) is 9.53 Å². The van der Waals surface area contributed by atoms with Crippen LogP contribution in [0, 0.1) is 6.92 Å². The summed E-state index contributed by atoms with van der Waals surface area (Å²) in [6.45, 7) is 5.56. The Labute approximate surface area is 201 Å². The van der Waals surface area contributed by atoms with Crippen LogP contribution in [0.3, 0.4) is 0 Å². The van der Waals surface area contributed by atoms with Crippen molar-refractivity contribution in [1.82, 2.24) is 15.1 Å². The Kier molecular flexibility index (Phi) is 7.82. The maximum absolute atomic E-state index is 13.0. The highest BCUT2D eigenvalue weighted by atomic mass is 35.5. The maximum Gasteiger partial charge on any atom is 0.307 e. The SMILES string of the molecule is CCOC(=O)CC(C)NC(=O)c1nn(-c2ccc(Cl)cc2Cl)c(-c2ccc(Cl)cc2)c1C. The van der Waals surface area contributed by atoms with Crippen LogP contribution in [0.25, 0.3) is 16.9 Å². The summed E-state index contributed by atoms with van der Waals surface area (Å²) in [5.41, 5.74) is 2.94. The molecule has 1 aromatic heterocycles. The fourth-order valence-electron chi connectivity index (χ4n) is 3.30. The fraction of sp³-hybridized carbons (Fsp3) is 0.261. The quantitative estimate of drug-likeness (QED) is 0.416. The third-order valence-electron chi connectivity index (χ3n) is 4.75. The van der Waals surface area contributed by atoms with Crippen molar-refractivity contribution >= 4 is 46.7 Å². The van der Waals surface area contributed by atoms with Gasteiger partial charge in [0.1, 0.15) is 0 Å². The molecule has 0 saturated heterocycles.